The molecule has 0 aromatic heterocycles. The number of carbonyl (C=O) groups is 3. The van der Waals surface area contributed by atoms with E-state index in [4.69, 9.17) is 0 Å². The lowest BCUT2D eigenvalue weighted by atomic mass is 10.9. The van der Waals surface area contributed by atoms with Gasteiger partial charge in [-0.2, -0.15) is 0 Å². The molecule has 0 rings (SSSR count). The van der Waals surface area contributed by atoms with Gasteiger partial charge in [0.05, 0.1) is 0 Å². The van der Waals surface area contributed by atoms with Crippen molar-refractivity contribution in [2.45, 2.75) is 20.8 Å². The molecule has 0 aromatic carbocycles. The normalized spacial score (nSPS) is 10.4. The number of hydrogen-bond donors (Lipinski definition) is 0. The highest BCUT2D eigenvalue weighted by atomic mass is 28.4. The Morgan fingerprint density at radius 1 is 0.800 bits per heavy atom. The van der Waals surface area contributed by atoms with Crippen LogP contribution in [0, 0.1) is 0 Å². The number of hydrogen-bond acceptors (Lipinski definition) is 7. The van der Waals surface area contributed by atoms with Crippen LogP contribution in [0.3, 0.4) is 0 Å². The van der Waals surface area contributed by atoms with Crippen LogP contribution in [0.25, 0.3) is 0 Å². The van der Waals surface area contributed by atoms with E-state index in [1.54, 1.807) is 0 Å². The van der Waals surface area contributed by atoms with Gasteiger partial charge in [-0.05, 0) is 0 Å². The lowest BCUT2D eigenvalue weighted by Crippen LogP contribution is -2.51. The first-order valence-corrected chi connectivity index (χ1v) is 5.58. The van der Waals surface area contributed by atoms with Gasteiger partial charge >= 0.3 is 9.05 Å². The van der Waals surface area contributed by atoms with E-state index >= 15 is 0 Å². The maximum absolute atomic E-state index is 10.7. The summed E-state index contributed by atoms with van der Waals surface area (Å²) in [5.41, 5.74) is 0. The standard InChI is InChI=1S/C7H12O7Si/c1-5(8)12-15(11-4,13-6(2)9)14-7(3)10/h1-4H3. The Morgan fingerprint density at radius 2 is 1.07 bits per heavy atom. The van der Waals surface area contributed by atoms with Crippen molar-refractivity contribution in [1.82, 2.24) is 0 Å². The van der Waals surface area contributed by atoms with Crippen molar-refractivity contribution >= 4 is 27.0 Å². The Hall–Kier alpha value is -1.41. The van der Waals surface area contributed by atoms with E-state index in [1.165, 1.54) is 0 Å². The summed E-state index contributed by atoms with van der Waals surface area (Å²) in [4.78, 5) is 32.2. The predicted octanol–water partition coefficient (Wildman–Crippen LogP) is -0.242. The van der Waals surface area contributed by atoms with E-state index < -0.39 is 27.0 Å². The van der Waals surface area contributed by atoms with Gasteiger partial charge in [-0.25, -0.2) is 0 Å². The molecular weight excluding hydrogens is 224 g/mol. The van der Waals surface area contributed by atoms with Crippen molar-refractivity contribution in [2.24, 2.45) is 0 Å². The zero-order valence-electron chi connectivity index (χ0n) is 8.86. The fraction of sp³-hybridized carbons (Fsp3) is 0.571. The van der Waals surface area contributed by atoms with Gasteiger partial charge in [-0.1, -0.05) is 0 Å². The molecule has 0 radical (unpaired) electrons. The Labute approximate surface area is 87.7 Å². The van der Waals surface area contributed by atoms with E-state index in [0.717, 1.165) is 27.9 Å². The first-order valence-electron chi connectivity index (χ1n) is 3.95. The third-order valence-electron chi connectivity index (χ3n) is 1.06. The van der Waals surface area contributed by atoms with Crippen LogP contribution in [0.15, 0.2) is 0 Å². The maximum atomic E-state index is 10.7. The van der Waals surface area contributed by atoms with Crippen molar-refractivity contribution in [3.63, 3.8) is 0 Å². The first kappa shape index (κ1) is 13.6. The van der Waals surface area contributed by atoms with E-state index in [0.29, 0.717) is 0 Å². The zero-order valence-corrected chi connectivity index (χ0v) is 9.86. The Bertz CT molecular complexity index is 234. The highest BCUT2D eigenvalue weighted by Gasteiger charge is 2.56. The molecule has 0 fully saturated rings. The second kappa shape index (κ2) is 5.46. The monoisotopic (exact) mass is 236 g/mol. The van der Waals surface area contributed by atoms with Gasteiger partial charge in [0.2, 0.25) is 0 Å². The molecule has 0 aliphatic carbocycles. The van der Waals surface area contributed by atoms with Gasteiger partial charge in [0.25, 0.3) is 17.9 Å². The molecular formula is C7H12O7Si. The Balaban J connectivity index is 4.81. The van der Waals surface area contributed by atoms with Crippen LogP contribution in [0.5, 0.6) is 0 Å². The summed E-state index contributed by atoms with van der Waals surface area (Å²) >= 11 is 0. The van der Waals surface area contributed by atoms with Crippen LogP contribution < -0.4 is 0 Å². The lowest BCUT2D eigenvalue weighted by molar-refractivity contribution is -0.155. The molecule has 0 aliphatic heterocycles. The third kappa shape index (κ3) is 5.13. The van der Waals surface area contributed by atoms with E-state index in [9.17, 15) is 14.4 Å². The predicted molar refractivity (Wildman–Crippen MR) is 48.1 cm³/mol. The second-order valence-electron chi connectivity index (χ2n) is 2.49. The molecule has 0 aromatic rings. The summed E-state index contributed by atoms with van der Waals surface area (Å²) in [6.07, 6.45) is 0. The van der Waals surface area contributed by atoms with Crippen LogP contribution in [-0.4, -0.2) is 34.1 Å². The van der Waals surface area contributed by atoms with Crippen LogP contribution in [0.4, 0.5) is 0 Å². The van der Waals surface area contributed by atoms with Gasteiger partial charge in [0.1, 0.15) is 0 Å². The zero-order chi connectivity index (χ0) is 12.1. The topological polar surface area (TPSA) is 88.1 Å². The highest BCUT2D eigenvalue weighted by molar-refractivity contribution is 6.59. The largest absolute Gasteiger partial charge is 0.898 e. The minimum atomic E-state index is -4.01. The van der Waals surface area contributed by atoms with E-state index in [1.807, 2.05) is 0 Å². The molecule has 15 heavy (non-hydrogen) atoms. The van der Waals surface area contributed by atoms with Crippen LogP contribution in [-0.2, 0) is 32.1 Å². The van der Waals surface area contributed by atoms with Crippen LogP contribution in [0.1, 0.15) is 20.8 Å². The molecule has 8 heteroatoms. The number of carbonyl (C=O) groups excluding carboxylic acids is 3. The van der Waals surface area contributed by atoms with Crippen LogP contribution in [0.2, 0.25) is 0 Å². The molecule has 0 bridgehead atoms. The molecule has 0 aliphatic rings. The Kier molecular flexibility index (Phi) is 4.95. The summed E-state index contributed by atoms with van der Waals surface area (Å²) in [5, 5.41) is 0. The fourth-order valence-electron chi connectivity index (χ4n) is 0.716. The summed E-state index contributed by atoms with van der Waals surface area (Å²) < 4.78 is 18.5. The summed E-state index contributed by atoms with van der Waals surface area (Å²) in [6.45, 7) is 3.23. The summed E-state index contributed by atoms with van der Waals surface area (Å²) in [6, 6.07) is 0. The molecule has 0 N–H and O–H groups in total. The van der Waals surface area contributed by atoms with Gasteiger partial charge < -0.3 is 17.7 Å². The quantitative estimate of drug-likeness (QED) is 0.622. The summed E-state index contributed by atoms with van der Waals surface area (Å²) in [5.74, 6) is -2.32. The molecule has 0 unspecified atom stereocenters. The van der Waals surface area contributed by atoms with Crippen molar-refractivity contribution < 1.29 is 32.1 Å². The van der Waals surface area contributed by atoms with Crippen molar-refractivity contribution in [1.29, 1.82) is 0 Å². The molecule has 0 saturated carbocycles. The molecule has 86 valence electrons. The molecule has 0 heterocycles. The smallest absolute Gasteiger partial charge is 0.433 e. The second-order valence-corrected chi connectivity index (χ2v) is 4.51. The molecule has 7 nitrogen and oxygen atoms in total. The molecule has 0 spiro atoms. The SMILES string of the molecule is CO[Si](OC(C)=O)(OC(C)=O)OC(C)=O. The van der Waals surface area contributed by atoms with Crippen LogP contribution >= 0.6 is 0 Å². The average molecular weight is 236 g/mol. The molecule has 0 amide bonds. The van der Waals surface area contributed by atoms with Crippen molar-refractivity contribution in [3.05, 3.63) is 0 Å². The summed E-state index contributed by atoms with van der Waals surface area (Å²) in [7, 11) is -2.90. The Morgan fingerprint density at radius 3 is 1.20 bits per heavy atom. The maximum Gasteiger partial charge on any atom is 0.898 e. The van der Waals surface area contributed by atoms with E-state index in [-0.39, 0.29) is 0 Å². The highest BCUT2D eigenvalue weighted by Crippen LogP contribution is 2.11. The molecule has 0 saturated heterocycles. The lowest BCUT2D eigenvalue weighted by Gasteiger charge is -2.22. The van der Waals surface area contributed by atoms with Crippen molar-refractivity contribution in [2.75, 3.05) is 7.11 Å². The molecule has 0 atom stereocenters. The van der Waals surface area contributed by atoms with Crippen molar-refractivity contribution in [3.8, 4) is 0 Å². The first-order chi connectivity index (χ1) is 6.81. The van der Waals surface area contributed by atoms with Gasteiger partial charge in [0, 0.05) is 27.9 Å². The fourth-order valence-corrected chi connectivity index (χ4v) is 2.15. The van der Waals surface area contributed by atoms with Gasteiger partial charge in [-0.3, -0.25) is 14.4 Å². The minimum Gasteiger partial charge on any atom is -0.433 e. The van der Waals surface area contributed by atoms with Gasteiger partial charge in [0.15, 0.2) is 0 Å². The van der Waals surface area contributed by atoms with Gasteiger partial charge in [-0.15, -0.1) is 0 Å². The number of rotatable bonds is 4. The third-order valence-corrected chi connectivity index (χ3v) is 3.17. The minimum absolute atomic E-state index is 0.772. The van der Waals surface area contributed by atoms with E-state index in [2.05, 4.69) is 17.7 Å². The average Bonchev–Trinajstić information content (AvgIpc) is 1.99.